The number of nitrogens with zero attached hydrogens (tertiary/aromatic N) is 2. The third kappa shape index (κ3) is 4.16. The van der Waals surface area contributed by atoms with Gasteiger partial charge in [-0.05, 0) is 80.6 Å². The molecule has 7 nitrogen and oxygen atoms in total. The number of amides is 3. The largest absolute Gasteiger partial charge is 0.426 e. The van der Waals surface area contributed by atoms with Gasteiger partial charge < -0.3 is 9.64 Å². The maximum Gasteiger partial charge on any atom is 0.316 e. The van der Waals surface area contributed by atoms with E-state index in [4.69, 9.17) is 4.74 Å². The van der Waals surface area contributed by atoms with Crippen molar-refractivity contribution < 1.29 is 23.9 Å². The molecule has 7 heteroatoms. The van der Waals surface area contributed by atoms with Crippen molar-refractivity contribution in [2.24, 2.45) is 17.8 Å². The van der Waals surface area contributed by atoms with Crippen LogP contribution in [-0.4, -0.2) is 30.2 Å². The molecule has 0 bridgehead atoms. The van der Waals surface area contributed by atoms with E-state index in [0.717, 1.165) is 16.8 Å². The monoisotopic (exact) mass is 472 g/mol. The summed E-state index contributed by atoms with van der Waals surface area (Å²) >= 11 is 0. The van der Waals surface area contributed by atoms with E-state index in [0.29, 0.717) is 29.8 Å². The Balaban J connectivity index is 1.29. The van der Waals surface area contributed by atoms with E-state index in [1.165, 1.54) is 4.90 Å². The van der Waals surface area contributed by atoms with Gasteiger partial charge in [0.1, 0.15) is 5.75 Å². The van der Waals surface area contributed by atoms with Crippen molar-refractivity contribution in [2.75, 3.05) is 16.3 Å². The molecule has 0 N–H and O–H groups in total. The first kappa shape index (κ1) is 23.0. The molecule has 35 heavy (non-hydrogen) atoms. The van der Waals surface area contributed by atoms with E-state index in [9.17, 15) is 19.2 Å². The SMILES string of the molecule is Cc1cc(C)cc(N2C[C@H](C(=O)Oc3ccc(N4C(=O)[C@H]5CC=CC[C@H]5C4=O)c(C)c3)CC2=O)c1. The third-order valence-electron chi connectivity index (χ3n) is 7.11. The molecule has 0 aromatic heterocycles. The first-order valence-corrected chi connectivity index (χ1v) is 12.0. The Bertz CT molecular complexity index is 1230. The van der Waals surface area contributed by atoms with Gasteiger partial charge in [0.2, 0.25) is 17.7 Å². The molecule has 0 radical (unpaired) electrons. The number of esters is 1. The molecule has 2 aromatic rings. The van der Waals surface area contributed by atoms with Crippen LogP contribution >= 0.6 is 0 Å². The Morgan fingerprint density at radius 2 is 1.51 bits per heavy atom. The fourth-order valence-electron chi connectivity index (χ4n) is 5.40. The van der Waals surface area contributed by atoms with Gasteiger partial charge in [-0.2, -0.15) is 0 Å². The summed E-state index contributed by atoms with van der Waals surface area (Å²) in [5.74, 6) is -1.77. The van der Waals surface area contributed by atoms with Crippen LogP contribution in [0.1, 0.15) is 36.0 Å². The van der Waals surface area contributed by atoms with Crippen molar-refractivity contribution in [3.05, 3.63) is 65.2 Å². The number of ether oxygens (including phenoxy) is 1. The van der Waals surface area contributed by atoms with Crippen molar-refractivity contribution >= 4 is 35.1 Å². The summed E-state index contributed by atoms with van der Waals surface area (Å²) in [5.41, 5.74) is 4.09. The number of hydrogen-bond acceptors (Lipinski definition) is 5. The molecular formula is C28H28N2O5. The van der Waals surface area contributed by atoms with Gasteiger partial charge in [0.15, 0.2) is 0 Å². The molecule has 0 spiro atoms. The highest BCUT2D eigenvalue weighted by molar-refractivity contribution is 6.22. The summed E-state index contributed by atoms with van der Waals surface area (Å²) in [7, 11) is 0. The van der Waals surface area contributed by atoms with Gasteiger partial charge >= 0.3 is 5.97 Å². The molecule has 3 aliphatic rings. The Morgan fingerprint density at radius 1 is 0.886 bits per heavy atom. The van der Waals surface area contributed by atoms with E-state index in [-0.39, 0.29) is 42.5 Å². The fourth-order valence-corrected chi connectivity index (χ4v) is 5.40. The first-order valence-electron chi connectivity index (χ1n) is 12.0. The van der Waals surface area contributed by atoms with Crippen LogP contribution in [0, 0.1) is 38.5 Å². The zero-order valence-electron chi connectivity index (χ0n) is 20.1. The Labute approximate surface area is 204 Å². The summed E-state index contributed by atoms with van der Waals surface area (Å²) in [6.45, 7) is 6.01. The Morgan fingerprint density at radius 3 is 2.11 bits per heavy atom. The van der Waals surface area contributed by atoms with Gasteiger partial charge in [0.25, 0.3) is 0 Å². The zero-order chi connectivity index (χ0) is 24.9. The number of carbonyl (C=O) groups excluding carboxylic acids is 4. The molecule has 180 valence electrons. The van der Waals surface area contributed by atoms with Crippen molar-refractivity contribution in [2.45, 2.75) is 40.0 Å². The van der Waals surface area contributed by atoms with Crippen LogP contribution in [0.4, 0.5) is 11.4 Å². The number of rotatable bonds is 4. The van der Waals surface area contributed by atoms with Gasteiger partial charge in [-0.15, -0.1) is 0 Å². The average molecular weight is 473 g/mol. The minimum atomic E-state index is -0.569. The van der Waals surface area contributed by atoms with Crippen LogP contribution < -0.4 is 14.5 Å². The highest BCUT2D eigenvalue weighted by atomic mass is 16.5. The van der Waals surface area contributed by atoms with Gasteiger partial charge in [0, 0.05) is 18.7 Å². The molecular weight excluding hydrogens is 444 g/mol. The van der Waals surface area contributed by atoms with Gasteiger partial charge in [-0.25, -0.2) is 4.90 Å². The predicted octanol–water partition coefficient (Wildman–Crippen LogP) is 4.03. The molecule has 2 heterocycles. The predicted molar refractivity (Wildman–Crippen MR) is 131 cm³/mol. The molecule has 5 rings (SSSR count). The summed E-state index contributed by atoms with van der Waals surface area (Å²) in [5, 5.41) is 0. The van der Waals surface area contributed by atoms with Gasteiger partial charge in [0.05, 0.1) is 23.4 Å². The van der Waals surface area contributed by atoms with Crippen LogP contribution in [-0.2, 0) is 19.2 Å². The number of allylic oxidation sites excluding steroid dienone is 2. The van der Waals surface area contributed by atoms with Crippen molar-refractivity contribution in [1.82, 2.24) is 0 Å². The number of benzene rings is 2. The molecule has 2 saturated heterocycles. The molecule has 3 atom stereocenters. The maximum absolute atomic E-state index is 12.9. The number of fused-ring (bicyclic) bond motifs is 1. The smallest absolute Gasteiger partial charge is 0.316 e. The first-order chi connectivity index (χ1) is 16.7. The van der Waals surface area contributed by atoms with Crippen molar-refractivity contribution in [3.8, 4) is 5.75 Å². The highest BCUT2D eigenvalue weighted by Gasteiger charge is 2.48. The van der Waals surface area contributed by atoms with Crippen molar-refractivity contribution in [3.63, 3.8) is 0 Å². The van der Waals surface area contributed by atoms with Crippen molar-refractivity contribution in [1.29, 1.82) is 0 Å². The number of aryl methyl sites for hydroxylation is 3. The lowest BCUT2D eigenvalue weighted by molar-refractivity contribution is -0.139. The number of carbonyl (C=O) groups is 4. The van der Waals surface area contributed by atoms with E-state index >= 15 is 0 Å². The maximum atomic E-state index is 12.9. The van der Waals surface area contributed by atoms with Crippen LogP contribution in [0.5, 0.6) is 5.75 Å². The molecule has 2 aliphatic heterocycles. The molecule has 0 unspecified atom stereocenters. The van der Waals surface area contributed by atoms with Crippen LogP contribution in [0.3, 0.4) is 0 Å². The second-order valence-electron chi connectivity index (χ2n) is 9.79. The minimum absolute atomic E-state index is 0.0937. The second-order valence-corrected chi connectivity index (χ2v) is 9.79. The lowest BCUT2D eigenvalue weighted by Gasteiger charge is -2.19. The standard InChI is InChI=1S/C28H28N2O5/c1-16-10-17(2)12-20(11-16)29-15-19(14-25(29)31)28(34)35-21-8-9-24(18(3)13-21)30-26(32)22-6-4-5-7-23(22)27(30)33/h4-5,8-13,19,22-23H,6-7,14-15H2,1-3H3/t19-,22-,23+/m1/s1. The average Bonchev–Trinajstić information content (AvgIpc) is 3.32. The van der Waals surface area contributed by atoms with E-state index in [1.54, 1.807) is 30.0 Å². The lowest BCUT2D eigenvalue weighted by Crippen LogP contribution is -2.31. The van der Waals surface area contributed by atoms with E-state index in [1.807, 2.05) is 44.2 Å². The summed E-state index contributed by atoms with van der Waals surface area (Å²) in [6.07, 6.45) is 5.18. The van der Waals surface area contributed by atoms with Crippen LogP contribution in [0.15, 0.2) is 48.6 Å². The lowest BCUT2D eigenvalue weighted by atomic mass is 9.85. The molecule has 1 aliphatic carbocycles. The van der Waals surface area contributed by atoms with Gasteiger partial charge in [-0.1, -0.05) is 18.2 Å². The quantitative estimate of drug-likeness (QED) is 0.290. The summed E-state index contributed by atoms with van der Waals surface area (Å²) in [4.78, 5) is 54.2. The van der Waals surface area contributed by atoms with Crippen LogP contribution in [0.2, 0.25) is 0 Å². The summed E-state index contributed by atoms with van der Waals surface area (Å²) in [6, 6.07) is 10.8. The second kappa shape index (κ2) is 8.80. The highest BCUT2D eigenvalue weighted by Crippen LogP contribution is 2.39. The van der Waals surface area contributed by atoms with Gasteiger partial charge in [-0.3, -0.25) is 19.2 Å². The Hall–Kier alpha value is -3.74. The minimum Gasteiger partial charge on any atom is -0.426 e. The molecule has 2 aromatic carbocycles. The topological polar surface area (TPSA) is 84.0 Å². The molecule has 0 saturated carbocycles. The Kier molecular flexibility index (Phi) is 5.79. The molecule has 3 amide bonds. The third-order valence-corrected chi connectivity index (χ3v) is 7.11. The normalized spacial score (nSPS) is 23.7. The van der Waals surface area contributed by atoms with E-state index < -0.39 is 11.9 Å². The van der Waals surface area contributed by atoms with Crippen LogP contribution in [0.25, 0.3) is 0 Å². The zero-order valence-corrected chi connectivity index (χ0v) is 20.1. The summed E-state index contributed by atoms with van der Waals surface area (Å²) < 4.78 is 5.61. The number of imide groups is 1. The molecule has 2 fully saturated rings. The number of anilines is 2. The number of hydrogen-bond donors (Lipinski definition) is 0. The fraction of sp³-hybridized carbons (Fsp3) is 0.357. The van der Waals surface area contributed by atoms with E-state index in [2.05, 4.69) is 0 Å².